The number of nitrogens with zero attached hydrogens (tertiary/aromatic N) is 1. The van der Waals surface area contributed by atoms with Gasteiger partial charge in [0.1, 0.15) is 0 Å². The number of benzene rings is 1. The molecule has 0 bridgehead atoms. The first-order chi connectivity index (χ1) is 7.92. The van der Waals surface area contributed by atoms with E-state index in [-0.39, 0.29) is 0 Å². The van der Waals surface area contributed by atoms with E-state index >= 15 is 0 Å². The Balaban J connectivity index is 1.69. The lowest BCUT2D eigenvalue weighted by atomic mass is 10.2. The van der Waals surface area contributed by atoms with Crippen LogP contribution in [0.15, 0.2) is 18.2 Å². The molecule has 0 amide bonds. The first-order valence-corrected chi connectivity index (χ1v) is 5.58. The molecule has 1 aromatic rings. The highest BCUT2D eigenvalue weighted by molar-refractivity contribution is 5.44. The Morgan fingerprint density at radius 1 is 1.25 bits per heavy atom. The monoisotopic (exact) mass is 219 g/mol. The van der Waals surface area contributed by atoms with Crippen molar-refractivity contribution < 1.29 is 9.47 Å². The van der Waals surface area contributed by atoms with Crippen LogP contribution >= 0.6 is 0 Å². The van der Waals surface area contributed by atoms with Gasteiger partial charge in [-0.15, -0.1) is 0 Å². The van der Waals surface area contributed by atoms with Crippen LogP contribution in [0.4, 0.5) is 0 Å². The summed E-state index contributed by atoms with van der Waals surface area (Å²) in [6, 6.07) is 6.15. The molecule has 0 unspecified atom stereocenters. The third-order valence-corrected chi connectivity index (χ3v) is 2.89. The summed E-state index contributed by atoms with van der Waals surface area (Å²) in [6.45, 7) is 6.57. The van der Waals surface area contributed by atoms with Gasteiger partial charge in [0.15, 0.2) is 11.5 Å². The predicted octanol–water partition coefficient (Wildman–Crippen LogP) is 0.982. The largest absolute Gasteiger partial charge is 0.454 e. The minimum absolute atomic E-state index is 0.346. The van der Waals surface area contributed by atoms with Crippen LogP contribution in [0.25, 0.3) is 0 Å². The number of ether oxygens (including phenoxy) is 2. The van der Waals surface area contributed by atoms with Crippen molar-refractivity contribution in [3.05, 3.63) is 30.3 Å². The number of piperazine rings is 1. The van der Waals surface area contributed by atoms with Crippen LogP contribution in [-0.2, 0) is 6.54 Å². The van der Waals surface area contributed by atoms with Gasteiger partial charge < -0.3 is 14.8 Å². The minimum atomic E-state index is 0.346. The van der Waals surface area contributed by atoms with Crippen LogP contribution in [0.3, 0.4) is 0 Å². The summed E-state index contributed by atoms with van der Waals surface area (Å²) in [5.41, 5.74) is 1.27. The predicted molar refractivity (Wildman–Crippen MR) is 60.1 cm³/mol. The Morgan fingerprint density at radius 3 is 3.06 bits per heavy atom. The molecule has 1 saturated heterocycles. The van der Waals surface area contributed by atoms with Gasteiger partial charge in [0.2, 0.25) is 6.79 Å². The molecule has 0 atom stereocenters. The van der Waals surface area contributed by atoms with Crippen LogP contribution in [-0.4, -0.2) is 31.3 Å². The molecular formula is C12H15N2O2. The van der Waals surface area contributed by atoms with Crippen molar-refractivity contribution in [1.82, 2.24) is 10.2 Å². The standard InChI is InChI=1S/C12H15N2O2/c1-2-11-12(16-9-15-11)7-10(1)8-14-5-3-13-4-6-14/h1-2,5,7,13H,3-4,6,8-9H2. The van der Waals surface area contributed by atoms with Crippen LogP contribution in [0.1, 0.15) is 5.56 Å². The number of fused-ring (bicyclic) bond motifs is 1. The fourth-order valence-corrected chi connectivity index (χ4v) is 2.03. The van der Waals surface area contributed by atoms with Gasteiger partial charge in [-0.05, 0) is 17.7 Å². The maximum Gasteiger partial charge on any atom is 0.231 e. The minimum Gasteiger partial charge on any atom is -0.454 e. The second-order valence-corrected chi connectivity index (χ2v) is 4.04. The Morgan fingerprint density at radius 2 is 2.19 bits per heavy atom. The summed E-state index contributed by atoms with van der Waals surface area (Å²) in [4.78, 5) is 2.33. The van der Waals surface area contributed by atoms with E-state index in [1.807, 2.05) is 6.07 Å². The first kappa shape index (κ1) is 9.93. The van der Waals surface area contributed by atoms with E-state index in [2.05, 4.69) is 28.9 Å². The number of hydrogen-bond acceptors (Lipinski definition) is 4. The number of nitrogens with one attached hydrogen (secondary N) is 1. The van der Waals surface area contributed by atoms with E-state index in [0.29, 0.717) is 6.79 Å². The first-order valence-electron chi connectivity index (χ1n) is 5.58. The zero-order valence-corrected chi connectivity index (χ0v) is 9.11. The van der Waals surface area contributed by atoms with E-state index in [0.717, 1.165) is 37.7 Å². The molecule has 1 fully saturated rings. The Labute approximate surface area is 95.1 Å². The van der Waals surface area contributed by atoms with Crippen molar-refractivity contribution in [2.24, 2.45) is 0 Å². The van der Waals surface area contributed by atoms with Gasteiger partial charge in [0.25, 0.3) is 0 Å². The van der Waals surface area contributed by atoms with E-state index in [4.69, 9.17) is 9.47 Å². The fraction of sp³-hybridized carbons (Fsp3) is 0.417. The van der Waals surface area contributed by atoms with Gasteiger partial charge in [-0.2, -0.15) is 0 Å². The Hall–Kier alpha value is -1.26. The van der Waals surface area contributed by atoms with Crippen molar-refractivity contribution in [1.29, 1.82) is 0 Å². The lowest BCUT2D eigenvalue weighted by Crippen LogP contribution is -2.39. The van der Waals surface area contributed by atoms with Crippen molar-refractivity contribution in [3.8, 4) is 11.5 Å². The summed E-state index contributed by atoms with van der Waals surface area (Å²) in [5.74, 6) is 1.72. The van der Waals surface area contributed by atoms with Gasteiger partial charge in [0.05, 0.1) is 0 Å². The molecule has 3 rings (SSSR count). The van der Waals surface area contributed by atoms with Gasteiger partial charge in [-0.25, -0.2) is 0 Å². The summed E-state index contributed by atoms with van der Waals surface area (Å²) < 4.78 is 10.7. The molecule has 0 aliphatic carbocycles. The second-order valence-electron chi connectivity index (χ2n) is 4.04. The SMILES string of the molecule is [CH]1CNCCN1Cc1ccc2c(c1)OCO2. The maximum absolute atomic E-state index is 5.36. The molecule has 1 radical (unpaired) electrons. The molecule has 0 saturated carbocycles. The Bertz CT molecular complexity index is 375. The van der Waals surface area contributed by atoms with E-state index in [9.17, 15) is 0 Å². The van der Waals surface area contributed by atoms with Crippen LogP contribution in [0.2, 0.25) is 0 Å². The van der Waals surface area contributed by atoms with E-state index in [1.54, 1.807) is 0 Å². The maximum atomic E-state index is 5.36. The second kappa shape index (κ2) is 4.31. The molecule has 0 spiro atoms. The summed E-state index contributed by atoms with van der Waals surface area (Å²) in [7, 11) is 0. The summed E-state index contributed by atoms with van der Waals surface area (Å²) in [5, 5.41) is 3.30. The van der Waals surface area contributed by atoms with Crippen LogP contribution in [0.5, 0.6) is 11.5 Å². The van der Waals surface area contributed by atoms with Gasteiger partial charge in [-0.1, -0.05) is 6.07 Å². The lowest BCUT2D eigenvalue weighted by molar-refractivity contribution is 0.174. The Kier molecular flexibility index (Phi) is 2.68. The lowest BCUT2D eigenvalue weighted by Gasteiger charge is -2.26. The quantitative estimate of drug-likeness (QED) is 0.804. The van der Waals surface area contributed by atoms with Crippen molar-refractivity contribution >= 4 is 0 Å². The van der Waals surface area contributed by atoms with E-state index < -0.39 is 0 Å². The molecule has 1 N–H and O–H groups in total. The molecular weight excluding hydrogens is 204 g/mol. The molecule has 16 heavy (non-hydrogen) atoms. The third kappa shape index (κ3) is 1.99. The van der Waals surface area contributed by atoms with Gasteiger partial charge in [0, 0.05) is 32.7 Å². The zero-order valence-electron chi connectivity index (χ0n) is 9.11. The van der Waals surface area contributed by atoms with Gasteiger partial charge in [-0.3, -0.25) is 4.90 Å². The number of rotatable bonds is 2. The average molecular weight is 219 g/mol. The molecule has 2 aliphatic heterocycles. The molecule has 1 aromatic carbocycles. The fourth-order valence-electron chi connectivity index (χ4n) is 2.03. The highest BCUT2D eigenvalue weighted by atomic mass is 16.7. The highest BCUT2D eigenvalue weighted by Gasteiger charge is 2.15. The summed E-state index contributed by atoms with van der Waals surface area (Å²) >= 11 is 0. The topological polar surface area (TPSA) is 33.7 Å². The van der Waals surface area contributed by atoms with Gasteiger partial charge >= 0.3 is 0 Å². The molecule has 2 heterocycles. The summed E-state index contributed by atoms with van der Waals surface area (Å²) in [6.07, 6.45) is 0. The molecule has 2 aliphatic rings. The zero-order chi connectivity index (χ0) is 10.8. The van der Waals surface area contributed by atoms with E-state index in [1.165, 1.54) is 5.56 Å². The van der Waals surface area contributed by atoms with Crippen molar-refractivity contribution in [2.75, 3.05) is 26.4 Å². The normalized spacial score (nSPS) is 20.0. The van der Waals surface area contributed by atoms with Crippen LogP contribution < -0.4 is 14.8 Å². The smallest absolute Gasteiger partial charge is 0.231 e. The number of hydrogen-bond donors (Lipinski definition) is 1. The molecule has 85 valence electrons. The van der Waals surface area contributed by atoms with Crippen LogP contribution in [0, 0.1) is 6.54 Å². The molecule has 4 nitrogen and oxygen atoms in total. The third-order valence-electron chi connectivity index (χ3n) is 2.89. The molecule has 4 heteroatoms. The highest BCUT2D eigenvalue weighted by Crippen LogP contribution is 2.32. The molecule has 0 aromatic heterocycles. The van der Waals surface area contributed by atoms with Crippen molar-refractivity contribution in [2.45, 2.75) is 6.54 Å². The van der Waals surface area contributed by atoms with Crippen molar-refractivity contribution in [3.63, 3.8) is 0 Å². The average Bonchev–Trinajstić information content (AvgIpc) is 2.77.